The van der Waals surface area contributed by atoms with Crippen molar-refractivity contribution in [3.05, 3.63) is 16.4 Å². The van der Waals surface area contributed by atoms with E-state index in [1.54, 1.807) is 6.07 Å². The van der Waals surface area contributed by atoms with E-state index >= 15 is 0 Å². The molecule has 0 spiro atoms. The van der Waals surface area contributed by atoms with Gasteiger partial charge in [0.05, 0.1) is 5.69 Å². The van der Waals surface area contributed by atoms with Crippen LogP contribution in [-0.2, 0) is 0 Å². The maximum atomic E-state index is 6.00. The summed E-state index contributed by atoms with van der Waals surface area (Å²) in [5.41, 5.74) is 0.801. The zero-order valence-corrected chi connectivity index (χ0v) is 12.1. The zero-order chi connectivity index (χ0) is 13.0. The lowest BCUT2D eigenvalue weighted by Crippen LogP contribution is -2.26. The van der Waals surface area contributed by atoms with Gasteiger partial charge in [-0.25, -0.2) is 0 Å². The summed E-state index contributed by atoms with van der Waals surface area (Å²) in [6, 6.07) is 2.23. The predicted octanol–water partition coefficient (Wildman–Crippen LogP) is 4.55. The molecule has 1 saturated carbocycles. The van der Waals surface area contributed by atoms with Gasteiger partial charge in [0, 0.05) is 12.1 Å². The quantitative estimate of drug-likeness (QED) is 0.883. The van der Waals surface area contributed by atoms with Gasteiger partial charge < -0.3 is 5.32 Å². The van der Waals surface area contributed by atoms with Crippen molar-refractivity contribution in [2.45, 2.75) is 51.5 Å². The average molecular weight is 288 g/mol. The first-order chi connectivity index (χ1) is 8.69. The Morgan fingerprint density at radius 3 is 2.61 bits per heavy atom. The fraction of sp³-hybridized carbons (Fsp3) is 0.692. The second-order valence-electron chi connectivity index (χ2n) is 5.02. The molecule has 5 heteroatoms. The molecule has 0 atom stereocenters. The molecule has 1 aliphatic carbocycles. The number of anilines is 1. The Morgan fingerprint density at radius 1 is 1.22 bits per heavy atom. The average Bonchev–Trinajstić information content (AvgIpc) is 2.37. The lowest BCUT2D eigenvalue weighted by molar-refractivity contribution is 0.319. The number of nitrogens with one attached hydrogen (secondary N) is 1. The molecule has 2 rings (SSSR count). The molecule has 0 unspecified atom stereocenters. The van der Waals surface area contributed by atoms with Gasteiger partial charge in [-0.2, -0.15) is 0 Å². The van der Waals surface area contributed by atoms with E-state index in [0.717, 1.165) is 11.6 Å². The maximum absolute atomic E-state index is 6.00. The normalized spacial score (nSPS) is 23.9. The number of hydrogen-bond acceptors (Lipinski definition) is 3. The largest absolute Gasteiger partial charge is 0.380 e. The van der Waals surface area contributed by atoms with E-state index in [0.29, 0.717) is 16.3 Å². The van der Waals surface area contributed by atoms with Crippen LogP contribution >= 0.6 is 23.2 Å². The van der Waals surface area contributed by atoms with E-state index in [1.807, 2.05) is 0 Å². The molecule has 1 aromatic heterocycles. The van der Waals surface area contributed by atoms with E-state index in [9.17, 15) is 0 Å². The van der Waals surface area contributed by atoms with Crippen molar-refractivity contribution in [1.82, 2.24) is 10.2 Å². The van der Waals surface area contributed by atoms with Crippen molar-refractivity contribution < 1.29 is 0 Å². The third-order valence-electron chi connectivity index (χ3n) is 3.62. The van der Waals surface area contributed by atoms with Gasteiger partial charge in [0.1, 0.15) is 0 Å². The molecule has 0 radical (unpaired) electrons. The monoisotopic (exact) mass is 287 g/mol. The summed E-state index contributed by atoms with van der Waals surface area (Å²) in [6.07, 6.45) is 7.64. The lowest BCUT2D eigenvalue weighted by atomic mass is 9.83. The van der Waals surface area contributed by atoms with Crippen LogP contribution in [0.2, 0.25) is 10.3 Å². The van der Waals surface area contributed by atoms with Gasteiger partial charge in [0.25, 0.3) is 0 Å². The SMILES string of the molecule is CCCC1CCC(Nc2cc(Cl)nnc2Cl)CC1. The number of hydrogen-bond donors (Lipinski definition) is 1. The van der Waals surface area contributed by atoms with Crippen molar-refractivity contribution in [2.75, 3.05) is 5.32 Å². The van der Waals surface area contributed by atoms with Crippen LogP contribution in [0.25, 0.3) is 0 Å². The van der Waals surface area contributed by atoms with Crippen LogP contribution < -0.4 is 5.32 Å². The highest BCUT2D eigenvalue weighted by Crippen LogP contribution is 2.31. The van der Waals surface area contributed by atoms with Crippen LogP contribution in [0.4, 0.5) is 5.69 Å². The molecule has 100 valence electrons. The minimum Gasteiger partial charge on any atom is -0.380 e. The Labute approximate surface area is 118 Å². The second kappa shape index (κ2) is 6.58. The molecule has 0 aliphatic heterocycles. The van der Waals surface area contributed by atoms with E-state index in [1.165, 1.54) is 38.5 Å². The fourth-order valence-corrected chi connectivity index (χ4v) is 2.97. The minimum atomic E-state index is 0.376. The summed E-state index contributed by atoms with van der Waals surface area (Å²) in [5.74, 6) is 0.905. The molecular formula is C13H19Cl2N3. The molecule has 3 nitrogen and oxygen atoms in total. The molecule has 18 heavy (non-hydrogen) atoms. The Morgan fingerprint density at radius 2 is 1.94 bits per heavy atom. The molecular weight excluding hydrogens is 269 g/mol. The summed E-state index contributed by atoms with van der Waals surface area (Å²) < 4.78 is 0. The van der Waals surface area contributed by atoms with Gasteiger partial charge in [-0.15, -0.1) is 10.2 Å². The van der Waals surface area contributed by atoms with Crippen LogP contribution in [0.3, 0.4) is 0 Å². The molecule has 0 amide bonds. The lowest BCUT2D eigenvalue weighted by Gasteiger charge is -2.29. The summed E-state index contributed by atoms with van der Waals surface area (Å²) in [4.78, 5) is 0. The highest BCUT2D eigenvalue weighted by atomic mass is 35.5. The standard InChI is InChI=1S/C13H19Cl2N3/c1-2-3-9-4-6-10(7-5-9)16-11-8-12(14)17-18-13(11)15/h8-10H,2-7H2,1H3,(H,16,17). The first-order valence-electron chi connectivity index (χ1n) is 6.64. The summed E-state index contributed by atoms with van der Waals surface area (Å²) in [6.45, 7) is 2.26. The number of rotatable bonds is 4. The zero-order valence-electron chi connectivity index (χ0n) is 10.6. The van der Waals surface area contributed by atoms with E-state index < -0.39 is 0 Å². The topological polar surface area (TPSA) is 37.8 Å². The maximum Gasteiger partial charge on any atom is 0.174 e. The third-order valence-corrected chi connectivity index (χ3v) is 4.09. The van der Waals surface area contributed by atoms with Crippen LogP contribution in [0.1, 0.15) is 45.4 Å². The van der Waals surface area contributed by atoms with E-state index in [-0.39, 0.29) is 0 Å². The van der Waals surface area contributed by atoms with Crippen molar-refractivity contribution in [1.29, 1.82) is 0 Å². The highest BCUT2D eigenvalue weighted by Gasteiger charge is 2.21. The van der Waals surface area contributed by atoms with Crippen LogP contribution in [0.15, 0.2) is 6.07 Å². The first kappa shape index (κ1) is 13.9. The van der Waals surface area contributed by atoms with Crippen molar-refractivity contribution in [2.24, 2.45) is 5.92 Å². The number of aromatic nitrogens is 2. The molecule has 1 heterocycles. The second-order valence-corrected chi connectivity index (χ2v) is 5.77. The molecule has 1 aromatic rings. The Hall–Kier alpha value is -0.540. The Balaban J connectivity index is 1.89. The van der Waals surface area contributed by atoms with Crippen molar-refractivity contribution >= 4 is 28.9 Å². The first-order valence-corrected chi connectivity index (χ1v) is 7.40. The fourth-order valence-electron chi connectivity index (χ4n) is 2.68. The van der Waals surface area contributed by atoms with Crippen LogP contribution in [-0.4, -0.2) is 16.2 Å². The highest BCUT2D eigenvalue weighted by molar-refractivity contribution is 6.33. The van der Waals surface area contributed by atoms with Crippen LogP contribution in [0.5, 0.6) is 0 Å². The molecule has 0 bridgehead atoms. The van der Waals surface area contributed by atoms with Crippen LogP contribution in [0, 0.1) is 5.92 Å². The van der Waals surface area contributed by atoms with Gasteiger partial charge in [-0.3, -0.25) is 0 Å². The third kappa shape index (κ3) is 3.72. The van der Waals surface area contributed by atoms with Gasteiger partial charge >= 0.3 is 0 Å². The summed E-state index contributed by atoms with van der Waals surface area (Å²) in [7, 11) is 0. The minimum absolute atomic E-state index is 0.376. The van der Waals surface area contributed by atoms with Gasteiger partial charge in [-0.1, -0.05) is 43.0 Å². The Bertz CT molecular complexity index is 390. The summed E-state index contributed by atoms with van der Waals surface area (Å²) >= 11 is 11.8. The van der Waals surface area contributed by atoms with Gasteiger partial charge in [0.15, 0.2) is 10.3 Å². The van der Waals surface area contributed by atoms with Crippen molar-refractivity contribution in [3.8, 4) is 0 Å². The Kier molecular flexibility index (Phi) is 5.07. The van der Waals surface area contributed by atoms with Crippen molar-refractivity contribution in [3.63, 3.8) is 0 Å². The van der Waals surface area contributed by atoms with Gasteiger partial charge in [0.2, 0.25) is 0 Å². The van der Waals surface area contributed by atoms with E-state index in [4.69, 9.17) is 23.2 Å². The number of nitrogens with zero attached hydrogens (tertiary/aromatic N) is 2. The van der Waals surface area contributed by atoms with Gasteiger partial charge in [-0.05, 0) is 31.6 Å². The molecule has 1 fully saturated rings. The smallest absolute Gasteiger partial charge is 0.174 e. The number of halogens is 2. The van der Waals surface area contributed by atoms with E-state index in [2.05, 4.69) is 22.4 Å². The molecule has 0 aromatic carbocycles. The molecule has 1 aliphatic rings. The molecule has 1 N–H and O–H groups in total. The molecule has 0 saturated heterocycles. The predicted molar refractivity (Wildman–Crippen MR) is 76.3 cm³/mol. The summed E-state index contributed by atoms with van der Waals surface area (Å²) in [5, 5.41) is 11.7.